The zero-order valence-electron chi connectivity index (χ0n) is 11.3. The molecule has 0 unspecified atom stereocenters. The summed E-state index contributed by atoms with van der Waals surface area (Å²) in [6, 6.07) is 13.0. The topological polar surface area (TPSA) is 87.9 Å². The molecule has 0 N–H and O–H groups in total. The normalized spacial score (nSPS) is 12.6. The van der Waals surface area contributed by atoms with E-state index < -0.39 is 4.92 Å². The van der Waals surface area contributed by atoms with Crippen molar-refractivity contribution in [2.75, 3.05) is 5.12 Å². The number of allylic oxidation sites excluding steroid dienone is 1. The summed E-state index contributed by atoms with van der Waals surface area (Å²) in [5.74, 6) is -0.189. The van der Waals surface area contributed by atoms with Gasteiger partial charge in [0.2, 0.25) is 0 Å². The number of nitro benzene ring substituents is 1. The molecule has 1 aliphatic heterocycles. The molecule has 1 heterocycles. The van der Waals surface area contributed by atoms with Gasteiger partial charge in [-0.15, -0.1) is 5.12 Å². The van der Waals surface area contributed by atoms with Gasteiger partial charge in [-0.25, -0.2) is 0 Å². The lowest BCUT2D eigenvalue weighted by atomic mass is 10.1. The van der Waals surface area contributed by atoms with Crippen LogP contribution in [0.2, 0.25) is 0 Å². The smallest absolute Gasteiger partial charge is 0.269 e. The van der Waals surface area contributed by atoms with Crippen molar-refractivity contribution >= 4 is 23.2 Å². The first kappa shape index (κ1) is 13.6. The Kier molecular flexibility index (Phi) is 3.45. The molecule has 2 aromatic carbocycles. The molecule has 2 aromatic rings. The number of anilines is 1. The van der Waals surface area contributed by atoms with Crippen LogP contribution in [0.3, 0.4) is 0 Å². The van der Waals surface area contributed by atoms with E-state index in [1.807, 2.05) is 0 Å². The molecule has 0 radical (unpaired) electrons. The van der Waals surface area contributed by atoms with Gasteiger partial charge in [-0.05, 0) is 46.4 Å². The summed E-state index contributed by atoms with van der Waals surface area (Å²) in [4.78, 5) is 22.4. The Labute approximate surface area is 125 Å². The highest BCUT2D eigenvalue weighted by molar-refractivity contribution is 6.10. The molecule has 108 valence electrons. The van der Waals surface area contributed by atoms with Crippen LogP contribution < -0.4 is 5.12 Å². The van der Waals surface area contributed by atoms with Crippen molar-refractivity contribution in [2.24, 2.45) is 10.4 Å². The maximum atomic E-state index is 12.2. The van der Waals surface area contributed by atoms with E-state index in [9.17, 15) is 14.9 Å². The molecule has 1 aliphatic rings. The van der Waals surface area contributed by atoms with Gasteiger partial charge in [0.05, 0.1) is 4.92 Å². The Bertz CT molecular complexity index is 791. The fourth-order valence-electron chi connectivity index (χ4n) is 1.94. The second kappa shape index (κ2) is 5.57. The van der Waals surface area contributed by atoms with Crippen LogP contribution in [0, 0.1) is 10.1 Å². The highest BCUT2D eigenvalue weighted by Crippen LogP contribution is 2.27. The van der Waals surface area contributed by atoms with Crippen molar-refractivity contribution in [3.05, 3.63) is 75.8 Å². The van der Waals surface area contributed by atoms with Gasteiger partial charge in [0.25, 0.3) is 5.69 Å². The molecule has 7 nitrogen and oxygen atoms in total. The standard InChI is InChI=1S/C15H10N4O3/c20-15(13-3-1-2-4-14(13)18-16-17-18)10-7-11-5-8-12(9-6-11)19(21)22/h1-10H. The molecule has 0 atom stereocenters. The first-order valence-electron chi connectivity index (χ1n) is 6.43. The number of rotatable bonds is 5. The van der Waals surface area contributed by atoms with Gasteiger partial charge in [0, 0.05) is 17.7 Å². The van der Waals surface area contributed by atoms with Gasteiger partial charge in [-0.2, -0.15) is 0 Å². The summed E-state index contributed by atoms with van der Waals surface area (Å²) in [5.41, 5.74) is 1.84. The fourth-order valence-corrected chi connectivity index (χ4v) is 1.94. The second-order valence-corrected chi connectivity index (χ2v) is 4.53. The monoisotopic (exact) mass is 294 g/mol. The number of non-ortho nitro benzene ring substituents is 1. The number of ketones is 1. The summed E-state index contributed by atoms with van der Waals surface area (Å²) >= 11 is 0. The predicted molar refractivity (Wildman–Crippen MR) is 80.2 cm³/mol. The minimum atomic E-state index is -0.466. The van der Waals surface area contributed by atoms with E-state index in [4.69, 9.17) is 0 Å². The molecule has 22 heavy (non-hydrogen) atoms. The lowest BCUT2D eigenvalue weighted by molar-refractivity contribution is -0.384. The highest BCUT2D eigenvalue weighted by Gasteiger charge is 2.20. The van der Waals surface area contributed by atoms with Crippen molar-refractivity contribution in [1.29, 1.82) is 0 Å². The molecule has 0 aromatic heterocycles. The van der Waals surface area contributed by atoms with Crippen LogP contribution in [0.1, 0.15) is 15.9 Å². The maximum absolute atomic E-state index is 12.2. The molecule has 3 rings (SSSR count). The van der Waals surface area contributed by atoms with E-state index in [1.165, 1.54) is 23.3 Å². The van der Waals surface area contributed by atoms with Crippen LogP contribution >= 0.6 is 0 Å². The number of carbonyl (C=O) groups excluding carboxylic acids is 1. The number of nitrogens with zero attached hydrogens (tertiary/aromatic N) is 4. The molecule has 0 spiro atoms. The van der Waals surface area contributed by atoms with E-state index in [-0.39, 0.29) is 11.5 Å². The number of carbonyl (C=O) groups is 1. The van der Waals surface area contributed by atoms with Gasteiger partial charge in [-0.1, -0.05) is 18.2 Å². The van der Waals surface area contributed by atoms with Crippen LogP contribution in [-0.4, -0.2) is 10.7 Å². The SMILES string of the molecule is O=C(C=Cc1ccc([N+](=O)[O-])cc1)c1ccccc1N1N=N1. The van der Waals surface area contributed by atoms with Crippen LogP contribution in [0.25, 0.3) is 6.08 Å². The number of benzene rings is 2. The van der Waals surface area contributed by atoms with Crippen LogP contribution in [0.4, 0.5) is 11.4 Å². The molecule has 0 fully saturated rings. The summed E-state index contributed by atoms with van der Waals surface area (Å²) in [7, 11) is 0. The van der Waals surface area contributed by atoms with Gasteiger partial charge in [-0.3, -0.25) is 14.9 Å². The third-order valence-electron chi connectivity index (χ3n) is 3.09. The van der Waals surface area contributed by atoms with Gasteiger partial charge < -0.3 is 0 Å². The summed E-state index contributed by atoms with van der Waals surface area (Å²) in [6.45, 7) is 0. The highest BCUT2D eigenvalue weighted by atomic mass is 16.6. The summed E-state index contributed by atoms with van der Waals surface area (Å²) in [6.07, 6.45) is 3.03. The van der Waals surface area contributed by atoms with E-state index in [0.29, 0.717) is 16.8 Å². The molecular weight excluding hydrogens is 284 g/mol. The largest absolute Gasteiger partial charge is 0.289 e. The summed E-state index contributed by atoms with van der Waals surface area (Å²) in [5, 5.41) is 19.3. The zero-order chi connectivity index (χ0) is 15.5. The summed E-state index contributed by atoms with van der Waals surface area (Å²) < 4.78 is 0. The van der Waals surface area contributed by atoms with Crippen molar-refractivity contribution in [2.45, 2.75) is 0 Å². The zero-order valence-corrected chi connectivity index (χ0v) is 11.3. The minimum absolute atomic E-state index is 0.0126. The van der Waals surface area contributed by atoms with Gasteiger partial charge in [0.1, 0.15) is 5.69 Å². The Morgan fingerprint density at radius 2 is 1.77 bits per heavy atom. The Hall–Kier alpha value is -3.35. The molecule has 7 heteroatoms. The van der Waals surface area contributed by atoms with Crippen molar-refractivity contribution in [3.8, 4) is 0 Å². The second-order valence-electron chi connectivity index (χ2n) is 4.53. The number of para-hydroxylation sites is 1. The van der Waals surface area contributed by atoms with E-state index in [1.54, 1.807) is 42.5 Å². The predicted octanol–water partition coefficient (Wildman–Crippen LogP) is 3.59. The van der Waals surface area contributed by atoms with E-state index in [2.05, 4.69) is 10.4 Å². The lowest BCUT2D eigenvalue weighted by Gasteiger charge is -2.03. The van der Waals surface area contributed by atoms with Gasteiger partial charge >= 0.3 is 0 Å². The quantitative estimate of drug-likeness (QED) is 0.365. The van der Waals surface area contributed by atoms with E-state index in [0.717, 1.165) is 0 Å². The Morgan fingerprint density at radius 3 is 2.41 bits per heavy atom. The third-order valence-corrected chi connectivity index (χ3v) is 3.09. The first-order valence-corrected chi connectivity index (χ1v) is 6.43. The van der Waals surface area contributed by atoms with Crippen LogP contribution in [0.15, 0.2) is 65.1 Å². The van der Waals surface area contributed by atoms with Crippen LogP contribution in [-0.2, 0) is 0 Å². The molecular formula is C15H10N4O3. The third kappa shape index (κ3) is 2.88. The Morgan fingerprint density at radius 1 is 1.09 bits per heavy atom. The first-order chi connectivity index (χ1) is 10.6. The molecule has 0 bridgehead atoms. The van der Waals surface area contributed by atoms with Crippen molar-refractivity contribution < 1.29 is 9.72 Å². The van der Waals surface area contributed by atoms with Crippen molar-refractivity contribution in [3.63, 3.8) is 0 Å². The molecule has 0 amide bonds. The number of nitro groups is 1. The van der Waals surface area contributed by atoms with Crippen molar-refractivity contribution in [1.82, 2.24) is 0 Å². The number of hydrogen-bond donors (Lipinski definition) is 0. The van der Waals surface area contributed by atoms with Gasteiger partial charge in [0.15, 0.2) is 5.78 Å². The molecule has 0 saturated heterocycles. The average Bonchev–Trinajstić information content (AvgIpc) is 3.38. The molecule has 0 saturated carbocycles. The molecule has 0 aliphatic carbocycles. The van der Waals surface area contributed by atoms with Crippen LogP contribution in [0.5, 0.6) is 0 Å². The average molecular weight is 294 g/mol. The Balaban J connectivity index is 1.77. The lowest BCUT2D eigenvalue weighted by Crippen LogP contribution is -2.01. The van der Waals surface area contributed by atoms with E-state index >= 15 is 0 Å². The fraction of sp³-hybridized carbons (Fsp3) is 0. The minimum Gasteiger partial charge on any atom is -0.289 e. The number of hydrogen-bond acceptors (Lipinski definition) is 6. The maximum Gasteiger partial charge on any atom is 0.269 e.